The lowest BCUT2D eigenvalue weighted by atomic mass is 9.97. The summed E-state index contributed by atoms with van der Waals surface area (Å²) in [5.41, 5.74) is 4.11. The second kappa shape index (κ2) is 5.93. The van der Waals surface area contributed by atoms with Crippen molar-refractivity contribution in [3.63, 3.8) is 0 Å². The average Bonchev–Trinajstić information content (AvgIpc) is 2.25. The van der Waals surface area contributed by atoms with Gasteiger partial charge in [-0.05, 0) is 48.9 Å². The van der Waals surface area contributed by atoms with E-state index in [9.17, 15) is 0 Å². The fourth-order valence-corrected chi connectivity index (χ4v) is 2.14. The predicted molar refractivity (Wildman–Crippen MR) is 73.3 cm³/mol. The lowest BCUT2D eigenvalue weighted by Gasteiger charge is -2.18. The molecule has 0 spiro atoms. The molecule has 1 aromatic rings. The largest absolute Gasteiger partial charge is 0.382 e. The van der Waals surface area contributed by atoms with Gasteiger partial charge >= 0.3 is 0 Å². The van der Waals surface area contributed by atoms with E-state index in [-0.39, 0.29) is 0 Å². The molecule has 0 atom stereocenters. The maximum atomic E-state index is 3.59. The maximum absolute atomic E-state index is 3.59. The first kappa shape index (κ1) is 13.1. The summed E-state index contributed by atoms with van der Waals surface area (Å²) < 4.78 is 0. The molecule has 0 amide bonds. The molecule has 1 N–H and O–H groups in total. The van der Waals surface area contributed by atoms with Crippen LogP contribution in [-0.4, -0.2) is 6.04 Å². The van der Waals surface area contributed by atoms with Gasteiger partial charge in [-0.1, -0.05) is 33.8 Å². The quantitative estimate of drug-likeness (QED) is 0.755. The molecule has 0 unspecified atom stereocenters. The van der Waals surface area contributed by atoms with Gasteiger partial charge in [-0.15, -0.1) is 0 Å². The summed E-state index contributed by atoms with van der Waals surface area (Å²) in [6, 6.07) is 7.34. The molecule has 90 valence electrons. The standard InChI is InChI=1S/C15H25N/c1-6-13(7-2)16-14-8-9-15(11(3)4)12(5)10-14/h8-11,13,16H,6-7H2,1-5H3. The Morgan fingerprint density at radius 1 is 1.12 bits per heavy atom. The van der Waals surface area contributed by atoms with Crippen LogP contribution in [0.3, 0.4) is 0 Å². The van der Waals surface area contributed by atoms with Crippen LogP contribution in [0.15, 0.2) is 18.2 Å². The molecule has 0 saturated heterocycles. The van der Waals surface area contributed by atoms with Gasteiger partial charge in [-0.25, -0.2) is 0 Å². The molecule has 0 bridgehead atoms. The van der Waals surface area contributed by atoms with E-state index in [0.717, 1.165) is 0 Å². The van der Waals surface area contributed by atoms with Gasteiger partial charge in [-0.2, -0.15) is 0 Å². The highest BCUT2D eigenvalue weighted by molar-refractivity contribution is 5.49. The molecule has 1 rings (SSSR count). The first-order chi connectivity index (χ1) is 7.58. The Kier molecular flexibility index (Phi) is 4.85. The van der Waals surface area contributed by atoms with E-state index < -0.39 is 0 Å². The summed E-state index contributed by atoms with van der Waals surface area (Å²) in [6.45, 7) is 11.2. The van der Waals surface area contributed by atoms with Crippen molar-refractivity contribution in [1.82, 2.24) is 0 Å². The summed E-state index contributed by atoms with van der Waals surface area (Å²) in [7, 11) is 0. The van der Waals surface area contributed by atoms with E-state index in [4.69, 9.17) is 0 Å². The van der Waals surface area contributed by atoms with Gasteiger partial charge in [0.25, 0.3) is 0 Å². The molecule has 16 heavy (non-hydrogen) atoms. The second-order valence-electron chi connectivity index (χ2n) is 4.88. The van der Waals surface area contributed by atoms with Crippen LogP contribution in [0.5, 0.6) is 0 Å². The summed E-state index contributed by atoms with van der Waals surface area (Å²) in [5.74, 6) is 0.613. The molecule has 0 aliphatic heterocycles. The van der Waals surface area contributed by atoms with E-state index in [2.05, 4.69) is 58.1 Å². The van der Waals surface area contributed by atoms with E-state index >= 15 is 0 Å². The maximum Gasteiger partial charge on any atom is 0.0345 e. The first-order valence-corrected chi connectivity index (χ1v) is 6.45. The molecule has 0 saturated carbocycles. The summed E-state index contributed by atoms with van der Waals surface area (Å²) in [6.07, 6.45) is 2.36. The fourth-order valence-electron chi connectivity index (χ4n) is 2.14. The van der Waals surface area contributed by atoms with E-state index in [1.807, 2.05) is 0 Å². The van der Waals surface area contributed by atoms with Gasteiger partial charge in [0, 0.05) is 11.7 Å². The van der Waals surface area contributed by atoms with Crippen LogP contribution in [0.4, 0.5) is 5.69 Å². The van der Waals surface area contributed by atoms with Gasteiger partial charge in [0.2, 0.25) is 0 Å². The van der Waals surface area contributed by atoms with Gasteiger partial charge < -0.3 is 5.32 Å². The smallest absolute Gasteiger partial charge is 0.0345 e. The van der Waals surface area contributed by atoms with E-state index in [0.29, 0.717) is 12.0 Å². The van der Waals surface area contributed by atoms with Crippen molar-refractivity contribution >= 4 is 5.69 Å². The van der Waals surface area contributed by atoms with Crippen molar-refractivity contribution in [3.8, 4) is 0 Å². The molecule has 0 fully saturated rings. The number of anilines is 1. The Balaban J connectivity index is 2.80. The Bertz CT molecular complexity index is 324. The van der Waals surface area contributed by atoms with Crippen molar-refractivity contribution in [1.29, 1.82) is 0 Å². The summed E-state index contributed by atoms with van der Waals surface area (Å²) in [4.78, 5) is 0. The molecule has 0 heterocycles. The molecule has 0 aliphatic rings. The van der Waals surface area contributed by atoms with Gasteiger partial charge in [0.1, 0.15) is 0 Å². The third-order valence-electron chi connectivity index (χ3n) is 3.25. The highest BCUT2D eigenvalue weighted by Gasteiger charge is 2.06. The average molecular weight is 219 g/mol. The number of aryl methyl sites for hydroxylation is 1. The number of rotatable bonds is 5. The molecular formula is C15H25N. The Morgan fingerprint density at radius 3 is 2.19 bits per heavy atom. The molecule has 0 aromatic heterocycles. The van der Waals surface area contributed by atoms with Gasteiger partial charge in [0.15, 0.2) is 0 Å². The third kappa shape index (κ3) is 3.26. The number of benzene rings is 1. The minimum absolute atomic E-state index is 0.601. The minimum Gasteiger partial charge on any atom is -0.382 e. The van der Waals surface area contributed by atoms with E-state index in [1.54, 1.807) is 0 Å². The van der Waals surface area contributed by atoms with E-state index in [1.165, 1.54) is 29.7 Å². The number of hydrogen-bond donors (Lipinski definition) is 1. The van der Waals surface area contributed by atoms with Crippen molar-refractivity contribution in [2.75, 3.05) is 5.32 Å². The highest BCUT2D eigenvalue weighted by Crippen LogP contribution is 2.23. The normalized spacial score (nSPS) is 11.2. The molecule has 0 radical (unpaired) electrons. The lowest BCUT2D eigenvalue weighted by Crippen LogP contribution is -2.17. The topological polar surface area (TPSA) is 12.0 Å². The number of hydrogen-bond acceptors (Lipinski definition) is 1. The zero-order valence-electron chi connectivity index (χ0n) is 11.3. The van der Waals surface area contributed by atoms with Crippen LogP contribution in [0, 0.1) is 6.92 Å². The van der Waals surface area contributed by atoms with Crippen molar-refractivity contribution in [2.24, 2.45) is 0 Å². The minimum atomic E-state index is 0.601. The van der Waals surface area contributed by atoms with Crippen LogP contribution < -0.4 is 5.32 Å². The predicted octanol–water partition coefficient (Wildman–Crippen LogP) is 4.72. The Morgan fingerprint density at radius 2 is 1.75 bits per heavy atom. The third-order valence-corrected chi connectivity index (χ3v) is 3.25. The molecule has 1 nitrogen and oxygen atoms in total. The zero-order valence-corrected chi connectivity index (χ0v) is 11.3. The molecular weight excluding hydrogens is 194 g/mol. The van der Waals surface area contributed by atoms with Crippen LogP contribution in [0.1, 0.15) is 57.6 Å². The SMILES string of the molecule is CCC(CC)Nc1ccc(C(C)C)c(C)c1. The van der Waals surface area contributed by atoms with Gasteiger partial charge in [-0.3, -0.25) is 0 Å². The van der Waals surface area contributed by atoms with Crippen molar-refractivity contribution < 1.29 is 0 Å². The van der Waals surface area contributed by atoms with Crippen molar-refractivity contribution in [3.05, 3.63) is 29.3 Å². The second-order valence-corrected chi connectivity index (χ2v) is 4.88. The van der Waals surface area contributed by atoms with Crippen molar-refractivity contribution in [2.45, 2.75) is 59.4 Å². The van der Waals surface area contributed by atoms with Crippen LogP contribution in [0.25, 0.3) is 0 Å². The van der Waals surface area contributed by atoms with Crippen LogP contribution in [-0.2, 0) is 0 Å². The van der Waals surface area contributed by atoms with Crippen LogP contribution >= 0.6 is 0 Å². The molecule has 0 aliphatic carbocycles. The molecule has 1 aromatic carbocycles. The lowest BCUT2D eigenvalue weighted by molar-refractivity contribution is 0.671. The first-order valence-electron chi connectivity index (χ1n) is 6.45. The highest BCUT2D eigenvalue weighted by atomic mass is 14.9. The monoisotopic (exact) mass is 219 g/mol. The fraction of sp³-hybridized carbons (Fsp3) is 0.600. The summed E-state index contributed by atoms with van der Waals surface area (Å²) >= 11 is 0. The van der Waals surface area contributed by atoms with Gasteiger partial charge in [0.05, 0.1) is 0 Å². The Hall–Kier alpha value is -0.980. The summed E-state index contributed by atoms with van der Waals surface area (Å²) in [5, 5.41) is 3.59. The molecule has 1 heteroatoms. The zero-order chi connectivity index (χ0) is 12.1. The Labute approximate surface area is 100 Å². The number of nitrogens with one attached hydrogen (secondary N) is 1. The van der Waals surface area contributed by atoms with Crippen LogP contribution in [0.2, 0.25) is 0 Å².